The highest BCUT2D eigenvalue weighted by atomic mass is 16.5. The van der Waals surface area contributed by atoms with Crippen molar-refractivity contribution in [3.63, 3.8) is 0 Å². The van der Waals surface area contributed by atoms with Crippen LogP contribution in [0.5, 0.6) is 0 Å². The maximum Gasteiger partial charge on any atom is 0.253 e. The zero-order valence-corrected chi connectivity index (χ0v) is 15.5. The van der Waals surface area contributed by atoms with Crippen molar-refractivity contribution in [1.29, 1.82) is 0 Å². The van der Waals surface area contributed by atoms with Crippen LogP contribution in [-0.4, -0.2) is 46.7 Å². The molecule has 2 aliphatic heterocycles. The highest BCUT2D eigenvalue weighted by Crippen LogP contribution is 2.23. The molecule has 1 unspecified atom stereocenters. The zero-order chi connectivity index (χ0) is 18.0. The monoisotopic (exact) mass is 347 g/mol. The topological polar surface area (TPSA) is 64.4 Å². The van der Waals surface area contributed by atoms with Crippen molar-refractivity contribution in [2.75, 3.05) is 26.3 Å². The van der Waals surface area contributed by atoms with Crippen LogP contribution < -0.4 is 5.56 Å². The molecule has 6 heteroatoms. The largest absolute Gasteiger partial charge is 0.381 e. The molecule has 6 nitrogen and oxygen atoms in total. The van der Waals surface area contributed by atoms with E-state index in [1.54, 1.807) is 17.0 Å². The Kier molecular flexibility index (Phi) is 5.27. The summed E-state index contributed by atoms with van der Waals surface area (Å²) in [5.74, 6) is 0.710. The van der Waals surface area contributed by atoms with Gasteiger partial charge in [-0.3, -0.25) is 14.2 Å². The fourth-order valence-corrected chi connectivity index (χ4v) is 3.57. The molecule has 0 aliphatic carbocycles. The van der Waals surface area contributed by atoms with Gasteiger partial charge < -0.3 is 9.64 Å². The summed E-state index contributed by atoms with van der Waals surface area (Å²) in [4.78, 5) is 31.2. The molecule has 3 heterocycles. The van der Waals surface area contributed by atoms with Gasteiger partial charge in [-0.1, -0.05) is 20.8 Å². The standard InChI is InChI=1S/C19H29N3O3/c1-19(2,3)16-10-17(23)22(13-20-16)11-14-4-7-21(8-5-14)18(24)15-6-9-25-12-15/h10,13-15H,4-9,11-12H2,1-3H3. The van der Waals surface area contributed by atoms with E-state index in [0.29, 0.717) is 25.7 Å². The molecule has 2 aliphatic rings. The van der Waals surface area contributed by atoms with Crippen LogP contribution in [0.15, 0.2) is 17.2 Å². The fraction of sp³-hybridized carbons (Fsp3) is 0.737. The Balaban J connectivity index is 1.55. The van der Waals surface area contributed by atoms with Gasteiger partial charge in [-0.15, -0.1) is 0 Å². The van der Waals surface area contributed by atoms with Gasteiger partial charge in [-0.2, -0.15) is 0 Å². The number of likely N-dealkylation sites (tertiary alicyclic amines) is 1. The van der Waals surface area contributed by atoms with Crippen molar-refractivity contribution in [2.24, 2.45) is 11.8 Å². The lowest BCUT2D eigenvalue weighted by Gasteiger charge is -2.33. The van der Waals surface area contributed by atoms with Crippen LogP contribution in [0.25, 0.3) is 0 Å². The third-order valence-electron chi connectivity index (χ3n) is 5.31. The molecule has 25 heavy (non-hydrogen) atoms. The smallest absolute Gasteiger partial charge is 0.253 e. The normalized spacial score (nSPS) is 22.4. The molecule has 1 aromatic rings. The van der Waals surface area contributed by atoms with Gasteiger partial charge in [-0.25, -0.2) is 4.98 Å². The van der Waals surface area contributed by atoms with E-state index in [-0.39, 0.29) is 22.8 Å². The molecular formula is C19H29N3O3. The molecule has 0 radical (unpaired) electrons. The first-order chi connectivity index (χ1) is 11.8. The summed E-state index contributed by atoms with van der Waals surface area (Å²) in [5.41, 5.74) is 0.725. The molecule has 0 N–H and O–H groups in total. The predicted octanol–water partition coefficient (Wildman–Crippen LogP) is 1.82. The van der Waals surface area contributed by atoms with Gasteiger partial charge in [0.15, 0.2) is 0 Å². The quantitative estimate of drug-likeness (QED) is 0.837. The Hall–Kier alpha value is -1.69. The van der Waals surface area contributed by atoms with E-state index in [9.17, 15) is 9.59 Å². The second kappa shape index (κ2) is 7.28. The van der Waals surface area contributed by atoms with Gasteiger partial charge in [0.2, 0.25) is 5.91 Å². The van der Waals surface area contributed by atoms with Crippen molar-refractivity contribution >= 4 is 5.91 Å². The van der Waals surface area contributed by atoms with Crippen molar-refractivity contribution in [2.45, 2.75) is 52.0 Å². The van der Waals surface area contributed by atoms with Crippen LogP contribution in [-0.2, 0) is 21.5 Å². The van der Waals surface area contributed by atoms with Crippen molar-refractivity contribution in [3.8, 4) is 0 Å². The lowest BCUT2D eigenvalue weighted by atomic mass is 9.92. The first kappa shape index (κ1) is 18.1. The Bertz CT molecular complexity index is 663. The van der Waals surface area contributed by atoms with Crippen LogP contribution >= 0.6 is 0 Å². The number of hydrogen-bond acceptors (Lipinski definition) is 4. The van der Waals surface area contributed by atoms with E-state index in [2.05, 4.69) is 25.8 Å². The van der Waals surface area contributed by atoms with E-state index < -0.39 is 0 Å². The third kappa shape index (κ3) is 4.29. The molecule has 3 rings (SSSR count). The minimum atomic E-state index is -0.117. The minimum Gasteiger partial charge on any atom is -0.381 e. The van der Waals surface area contributed by atoms with Crippen LogP contribution in [0.3, 0.4) is 0 Å². The van der Waals surface area contributed by atoms with E-state index in [4.69, 9.17) is 4.74 Å². The highest BCUT2D eigenvalue weighted by Gasteiger charge is 2.30. The van der Waals surface area contributed by atoms with E-state index in [1.807, 2.05) is 4.90 Å². The molecule has 0 aromatic carbocycles. The van der Waals surface area contributed by atoms with Gasteiger partial charge in [-0.05, 0) is 25.2 Å². The summed E-state index contributed by atoms with van der Waals surface area (Å²) in [6.07, 6.45) is 4.40. The molecule has 2 fully saturated rings. The summed E-state index contributed by atoms with van der Waals surface area (Å²) in [7, 11) is 0. The van der Waals surface area contributed by atoms with Crippen LogP contribution in [0, 0.1) is 11.8 Å². The third-order valence-corrected chi connectivity index (χ3v) is 5.31. The van der Waals surface area contributed by atoms with Crippen LogP contribution in [0.1, 0.15) is 45.7 Å². The lowest BCUT2D eigenvalue weighted by Crippen LogP contribution is -2.43. The maximum absolute atomic E-state index is 12.4. The zero-order valence-electron chi connectivity index (χ0n) is 15.5. The van der Waals surface area contributed by atoms with E-state index in [1.165, 1.54) is 0 Å². The molecular weight excluding hydrogens is 318 g/mol. The number of carbonyl (C=O) groups excluding carboxylic acids is 1. The Morgan fingerprint density at radius 2 is 2.00 bits per heavy atom. The Morgan fingerprint density at radius 3 is 2.56 bits per heavy atom. The molecule has 0 bridgehead atoms. The minimum absolute atomic E-state index is 0.0153. The fourth-order valence-electron chi connectivity index (χ4n) is 3.57. The van der Waals surface area contributed by atoms with Crippen molar-refractivity contribution < 1.29 is 9.53 Å². The molecule has 138 valence electrons. The number of rotatable bonds is 3. The summed E-state index contributed by atoms with van der Waals surface area (Å²) < 4.78 is 7.03. The molecule has 2 saturated heterocycles. The first-order valence-electron chi connectivity index (χ1n) is 9.28. The Labute approximate surface area is 149 Å². The SMILES string of the molecule is CC(C)(C)c1cc(=O)n(CC2CCN(C(=O)C3CCOC3)CC2)cn1. The lowest BCUT2D eigenvalue weighted by molar-refractivity contribution is -0.137. The Morgan fingerprint density at radius 1 is 1.28 bits per heavy atom. The maximum atomic E-state index is 12.4. The number of amides is 1. The van der Waals surface area contributed by atoms with Crippen molar-refractivity contribution in [1.82, 2.24) is 14.5 Å². The predicted molar refractivity (Wildman–Crippen MR) is 95.4 cm³/mol. The summed E-state index contributed by atoms with van der Waals surface area (Å²) >= 11 is 0. The second-order valence-corrected chi connectivity index (χ2v) is 8.34. The molecule has 0 saturated carbocycles. The summed E-state index contributed by atoms with van der Waals surface area (Å²) in [6.45, 7) is 9.69. The van der Waals surface area contributed by atoms with Crippen LogP contribution in [0.4, 0.5) is 0 Å². The number of hydrogen-bond donors (Lipinski definition) is 0. The van der Waals surface area contributed by atoms with Gasteiger partial charge in [0.05, 0.1) is 24.5 Å². The molecule has 1 atom stereocenters. The summed E-state index contributed by atoms with van der Waals surface area (Å²) in [6, 6.07) is 1.65. The molecule has 1 amide bonds. The van der Waals surface area contributed by atoms with Gasteiger partial charge >= 0.3 is 0 Å². The number of aromatic nitrogens is 2. The van der Waals surface area contributed by atoms with E-state index in [0.717, 1.165) is 38.0 Å². The van der Waals surface area contributed by atoms with Gasteiger partial charge in [0, 0.05) is 37.7 Å². The highest BCUT2D eigenvalue weighted by molar-refractivity contribution is 5.79. The number of carbonyl (C=O) groups is 1. The average Bonchev–Trinajstić information content (AvgIpc) is 3.10. The van der Waals surface area contributed by atoms with Crippen LogP contribution in [0.2, 0.25) is 0 Å². The van der Waals surface area contributed by atoms with Gasteiger partial charge in [0.25, 0.3) is 5.56 Å². The second-order valence-electron chi connectivity index (χ2n) is 8.34. The number of nitrogens with zero attached hydrogens (tertiary/aromatic N) is 3. The average molecular weight is 347 g/mol. The molecule has 0 spiro atoms. The molecule has 1 aromatic heterocycles. The first-order valence-corrected chi connectivity index (χ1v) is 9.28. The summed E-state index contributed by atoms with van der Waals surface area (Å²) in [5, 5.41) is 0. The number of piperidine rings is 1. The van der Waals surface area contributed by atoms with Gasteiger partial charge in [0.1, 0.15) is 0 Å². The van der Waals surface area contributed by atoms with Crippen molar-refractivity contribution in [3.05, 3.63) is 28.4 Å². The van der Waals surface area contributed by atoms with E-state index >= 15 is 0 Å². The number of ether oxygens (including phenoxy) is 1.